The van der Waals surface area contributed by atoms with Gasteiger partial charge in [0.25, 0.3) is 0 Å². The lowest BCUT2D eigenvalue weighted by Crippen LogP contribution is -2.45. The molecule has 11 heteroatoms. The van der Waals surface area contributed by atoms with Crippen LogP contribution in [0.15, 0.2) is 6.33 Å². The van der Waals surface area contributed by atoms with E-state index in [-0.39, 0.29) is 22.3 Å². The molecule has 8 nitrogen and oxygen atoms in total. The molecule has 1 aliphatic rings. The number of hydrogen-bond acceptors (Lipinski definition) is 7. The van der Waals surface area contributed by atoms with Crippen molar-refractivity contribution >= 4 is 36.7 Å². The fourth-order valence-corrected chi connectivity index (χ4v) is 6.28. The van der Waals surface area contributed by atoms with Gasteiger partial charge in [-0.25, -0.2) is 9.37 Å². The molecule has 2 aromatic rings. The van der Waals surface area contributed by atoms with Crippen molar-refractivity contribution in [3.8, 4) is 11.5 Å². The average Bonchev–Trinajstić information content (AvgIpc) is 3.24. The van der Waals surface area contributed by atoms with Crippen LogP contribution in [-0.2, 0) is 4.74 Å². The molecule has 0 unspecified atom stereocenters. The third-order valence-electron chi connectivity index (χ3n) is 5.88. The number of nitrogen functional groups attached to an aromatic ring is 1. The normalized spacial score (nSPS) is 27.2. The first-order valence-electron chi connectivity index (χ1n) is 9.57. The Morgan fingerprint density at radius 1 is 1.34 bits per heavy atom. The molecule has 2 aromatic heterocycles. The topological polar surface area (TPSA) is 119 Å². The van der Waals surface area contributed by atoms with E-state index in [1.807, 2.05) is 0 Å². The molecule has 3 heterocycles. The summed E-state index contributed by atoms with van der Waals surface area (Å²) in [6.45, 7) is 5.59. The van der Waals surface area contributed by atoms with Gasteiger partial charge in [0.2, 0.25) is 5.28 Å². The van der Waals surface area contributed by atoms with Gasteiger partial charge >= 0.3 is 0 Å². The third-order valence-corrected chi connectivity index (χ3v) is 10.8. The summed E-state index contributed by atoms with van der Waals surface area (Å²) in [5.41, 5.74) is 7.74. The van der Waals surface area contributed by atoms with E-state index in [2.05, 4.69) is 47.2 Å². The van der Waals surface area contributed by atoms with Crippen molar-refractivity contribution in [1.82, 2.24) is 19.5 Å². The van der Waals surface area contributed by atoms with E-state index >= 15 is 4.39 Å². The molecule has 0 aliphatic carbocycles. The van der Waals surface area contributed by atoms with Crippen LogP contribution in [0.1, 0.15) is 27.0 Å². The van der Waals surface area contributed by atoms with Gasteiger partial charge in [0.1, 0.15) is 19.7 Å². The predicted molar refractivity (Wildman–Crippen MR) is 111 cm³/mol. The second kappa shape index (κ2) is 8.16. The zero-order valence-electron chi connectivity index (χ0n) is 16.6. The number of nitrogens with two attached hydrogens (primary N) is 1. The van der Waals surface area contributed by atoms with Gasteiger partial charge in [-0.2, -0.15) is 9.97 Å². The molecule has 1 saturated heterocycles. The van der Waals surface area contributed by atoms with E-state index in [1.165, 1.54) is 10.9 Å². The SMILES string of the molecule is CC[Si](C#C[C@]1(CO)O[C@@H](n2cnc3c(N)nc(Cl)nc32)[C@@H](F)[C@@H]1O)(CC)CC. The van der Waals surface area contributed by atoms with Gasteiger partial charge in [-0.3, -0.25) is 4.57 Å². The highest BCUT2D eigenvalue weighted by Crippen LogP contribution is 2.40. The van der Waals surface area contributed by atoms with Crippen LogP contribution in [0.3, 0.4) is 0 Å². The molecule has 0 amide bonds. The molecule has 29 heavy (non-hydrogen) atoms. The maximum absolute atomic E-state index is 15.1. The Kier molecular flexibility index (Phi) is 6.17. The lowest BCUT2D eigenvalue weighted by atomic mass is 9.98. The maximum Gasteiger partial charge on any atom is 0.226 e. The molecular weight excluding hydrogens is 417 g/mol. The molecule has 4 N–H and O–H groups in total. The Hall–Kier alpha value is -1.77. The molecule has 0 radical (unpaired) electrons. The van der Waals surface area contributed by atoms with Crippen LogP contribution in [0.5, 0.6) is 0 Å². The molecule has 158 valence electrons. The number of hydrogen-bond donors (Lipinski definition) is 3. The lowest BCUT2D eigenvalue weighted by molar-refractivity contribution is -0.0900. The third kappa shape index (κ3) is 3.62. The standard InChI is InChI=1S/C18H25ClFN5O3Si/c1-4-29(5-2,6-3)8-7-18(9-26)13(27)11(20)16(28-18)25-10-22-12-14(21)23-17(19)24-15(12)25/h10-11,13,16,26-27H,4-6,9H2,1-3H3,(H2,21,23,24)/t11-,13-,16+,18+/m0/s1. The highest BCUT2D eigenvalue weighted by atomic mass is 35.5. The Balaban J connectivity index is 2.04. The summed E-state index contributed by atoms with van der Waals surface area (Å²) in [6.07, 6.45) is -3.53. The second-order valence-corrected chi connectivity index (χ2v) is 12.5. The minimum atomic E-state index is -1.91. The second-order valence-electron chi connectivity index (χ2n) is 7.24. The van der Waals surface area contributed by atoms with Crippen LogP contribution < -0.4 is 5.73 Å². The van der Waals surface area contributed by atoms with E-state index in [4.69, 9.17) is 22.1 Å². The maximum atomic E-state index is 15.1. The van der Waals surface area contributed by atoms with Crippen LogP contribution in [-0.4, -0.2) is 62.3 Å². The Morgan fingerprint density at radius 2 is 2.00 bits per heavy atom. The number of alkyl halides is 1. The number of anilines is 1. The highest BCUT2D eigenvalue weighted by molar-refractivity contribution is 6.87. The molecule has 1 aliphatic heterocycles. The number of fused-ring (bicyclic) bond motifs is 1. The Bertz CT molecular complexity index is 952. The van der Waals surface area contributed by atoms with E-state index in [9.17, 15) is 10.2 Å². The smallest absolute Gasteiger partial charge is 0.226 e. The van der Waals surface area contributed by atoms with Crippen LogP contribution in [0.4, 0.5) is 10.2 Å². The Labute approximate surface area is 174 Å². The lowest BCUT2D eigenvalue weighted by Gasteiger charge is -2.26. The van der Waals surface area contributed by atoms with Crippen LogP contribution >= 0.6 is 11.6 Å². The largest absolute Gasteiger partial charge is 0.392 e. The van der Waals surface area contributed by atoms with Crippen molar-refractivity contribution in [2.24, 2.45) is 0 Å². The molecule has 4 atom stereocenters. The van der Waals surface area contributed by atoms with Crippen molar-refractivity contribution in [3.63, 3.8) is 0 Å². The van der Waals surface area contributed by atoms with Crippen molar-refractivity contribution in [3.05, 3.63) is 11.6 Å². The van der Waals surface area contributed by atoms with Gasteiger partial charge in [-0.05, 0) is 29.7 Å². The number of nitrogens with zero attached hydrogens (tertiary/aromatic N) is 4. The average molecular weight is 442 g/mol. The van der Waals surface area contributed by atoms with E-state index in [0.717, 1.165) is 18.1 Å². The first kappa shape index (κ1) is 21.9. The van der Waals surface area contributed by atoms with Gasteiger partial charge in [-0.15, -0.1) is 5.54 Å². The van der Waals surface area contributed by atoms with Crippen LogP contribution in [0.25, 0.3) is 11.2 Å². The number of imidazole rings is 1. The quantitative estimate of drug-likeness (QED) is 0.369. The van der Waals surface area contributed by atoms with Gasteiger partial charge in [0.05, 0.1) is 12.9 Å². The summed E-state index contributed by atoms with van der Waals surface area (Å²) >= 11 is 5.87. The van der Waals surface area contributed by atoms with Gasteiger partial charge < -0.3 is 20.7 Å². The summed E-state index contributed by atoms with van der Waals surface area (Å²) in [5.74, 6) is 2.96. The fraction of sp³-hybridized carbons (Fsp3) is 0.611. The number of halogens is 2. The predicted octanol–water partition coefficient (Wildman–Crippen LogP) is 2.07. The van der Waals surface area contributed by atoms with Crippen LogP contribution in [0.2, 0.25) is 23.4 Å². The fourth-order valence-electron chi connectivity index (χ4n) is 3.60. The van der Waals surface area contributed by atoms with Crippen molar-refractivity contribution < 1.29 is 19.3 Å². The minimum Gasteiger partial charge on any atom is -0.392 e. The summed E-state index contributed by atoms with van der Waals surface area (Å²) in [7, 11) is -1.91. The van der Waals surface area contributed by atoms with Crippen molar-refractivity contribution in [2.75, 3.05) is 12.3 Å². The molecule has 0 aromatic carbocycles. The van der Waals surface area contributed by atoms with E-state index < -0.39 is 38.8 Å². The molecular formula is C18H25ClFN5O3Si. The summed E-state index contributed by atoms with van der Waals surface area (Å²) in [5, 5.41) is 20.5. The number of aliphatic hydroxyl groups excluding tert-OH is 2. The van der Waals surface area contributed by atoms with E-state index in [0.29, 0.717) is 0 Å². The highest BCUT2D eigenvalue weighted by Gasteiger charge is 2.55. The van der Waals surface area contributed by atoms with E-state index in [1.54, 1.807) is 0 Å². The van der Waals surface area contributed by atoms with Gasteiger partial charge in [-0.1, -0.05) is 26.7 Å². The van der Waals surface area contributed by atoms with Crippen molar-refractivity contribution in [1.29, 1.82) is 0 Å². The van der Waals surface area contributed by atoms with Gasteiger partial charge in [0, 0.05) is 0 Å². The zero-order chi connectivity index (χ0) is 21.4. The minimum absolute atomic E-state index is 0.0468. The number of aliphatic hydroxyl groups is 2. The van der Waals surface area contributed by atoms with Crippen molar-refractivity contribution in [2.45, 2.75) is 63.0 Å². The zero-order valence-corrected chi connectivity index (χ0v) is 18.3. The van der Waals surface area contributed by atoms with Crippen LogP contribution in [0, 0.1) is 11.5 Å². The molecule has 3 rings (SSSR count). The number of aromatic nitrogens is 4. The summed E-state index contributed by atoms with van der Waals surface area (Å²) < 4.78 is 22.2. The first-order valence-corrected chi connectivity index (χ1v) is 12.6. The molecule has 0 spiro atoms. The number of ether oxygens (including phenoxy) is 1. The summed E-state index contributed by atoms with van der Waals surface area (Å²) in [4.78, 5) is 12.0. The monoisotopic (exact) mass is 441 g/mol. The Morgan fingerprint density at radius 3 is 2.59 bits per heavy atom. The summed E-state index contributed by atoms with van der Waals surface area (Å²) in [6, 6.07) is 2.77. The van der Waals surface area contributed by atoms with Gasteiger partial charge in [0.15, 0.2) is 29.5 Å². The number of rotatable bonds is 5. The first-order chi connectivity index (χ1) is 13.8. The molecule has 1 fully saturated rings. The molecule has 0 saturated carbocycles. The molecule has 0 bridgehead atoms.